The minimum absolute atomic E-state index is 0.338. The van der Waals surface area contributed by atoms with Crippen LogP contribution in [0.2, 0.25) is 0 Å². The fraction of sp³-hybridized carbons (Fsp3) is 0.444. The molecule has 0 aliphatic rings. The maximum Gasteiger partial charge on any atom is 0.158 e. The predicted molar refractivity (Wildman–Crippen MR) is 55.2 cm³/mol. The molecule has 5 heteroatoms. The standard InChI is InChI=1S/C9H13N5/c1-5(2)12-9-8-7(10-4-11-9)6(3)13-14-8/h4-5H,1-3H3,(H,13,14)(H,10,11,12). The molecule has 0 saturated heterocycles. The number of rotatable bonds is 2. The van der Waals surface area contributed by atoms with Crippen LogP contribution in [-0.4, -0.2) is 26.2 Å². The Balaban J connectivity index is 2.54. The van der Waals surface area contributed by atoms with Gasteiger partial charge in [0, 0.05) is 6.04 Å². The summed E-state index contributed by atoms with van der Waals surface area (Å²) in [6.45, 7) is 6.07. The van der Waals surface area contributed by atoms with Gasteiger partial charge in [-0.05, 0) is 20.8 Å². The summed E-state index contributed by atoms with van der Waals surface area (Å²) in [7, 11) is 0. The van der Waals surface area contributed by atoms with Crippen LogP contribution in [0, 0.1) is 6.92 Å². The molecule has 0 radical (unpaired) electrons. The quantitative estimate of drug-likeness (QED) is 0.754. The zero-order chi connectivity index (χ0) is 10.1. The van der Waals surface area contributed by atoms with E-state index in [1.165, 1.54) is 0 Å². The van der Waals surface area contributed by atoms with E-state index >= 15 is 0 Å². The zero-order valence-electron chi connectivity index (χ0n) is 8.50. The Morgan fingerprint density at radius 3 is 2.79 bits per heavy atom. The molecule has 0 aliphatic heterocycles. The van der Waals surface area contributed by atoms with Crippen molar-refractivity contribution in [3.8, 4) is 0 Å². The van der Waals surface area contributed by atoms with Crippen LogP contribution in [0.15, 0.2) is 6.33 Å². The Bertz CT molecular complexity index is 445. The van der Waals surface area contributed by atoms with Crippen LogP contribution in [0.3, 0.4) is 0 Å². The average molecular weight is 191 g/mol. The highest BCUT2D eigenvalue weighted by atomic mass is 15.2. The van der Waals surface area contributed by atoms with Gasteiger partial charge in [0.25, 0.3) is 0 Å². The first-order chi connectivity index (χ1) is 6.68. The van der Waals surface area contributed by atoms with Gasteiger partial charge in [-0.15, -0.1) is 0 Å². The summed E-state index contributed by atoms with van der Waals surface area (Å²) in [4.78, 5) is 8.32. The van der Waals surface area contributed by atoms with Crippen LogP contribution in [0.25, 0.3) is 11.0 Å². The van der Waals surface area contributed by atoms with E-state index < -0.39 is 0 Å². The highest BCUT2D eigenvalue weighted by Gasteiger charge is 2.09. The monoisotopic (exact) mass is 191 g/mol. The maximum atomic E-state index is 4.16. The molecule has 0 bridgehead atoms. The Kier molecular flexibility index (Phi) is 2.07. The fourth-order valence-corrected chi connectivity index (χ4v) is 1.33. The molecule has 2 aromatic rings. The van der Waals surface area contributed by atoms with Crippen molar-refractivity contribution in [2.24, 2.45) is 0 Å². The molecule has 0 saturated carbocycles. The minimum Gasteiger partial charge on any atom is -0.366 e. The van der Waals surface area contributed by atoms with Crippen LogP contribution < -0.4 is 5.32 Å². The molecule has 0 aromatic carbocycles. The minimum atomic E-state index is 0.338. The number of hydrogen-bond acceptors (Lipinski definition) is 4. The molecule has 74 valence electrons. The van der Waals surface area contributed by atoms with E-state index in [1.54, 1.807) is 6.33 Å². The Morgan fingerprint density at radius 1 is 1.29 bits per heavy atom. The lowest BCUT2D eigenvalue weighted by Crippen LogP contribution is -2.11. The molecular formula is C9H13N5. The molecule has 0 spiro atoms. The third-order valence-electron chi connectivity index (χ3n) is 1.94. The maximum absolute atomic E-state index is 4.16. The van der Waals surface area contributed by atoms with Gasteiger partial charge in [-0.25, -0.2) is 9.97 Å². The largest absolute Gasteiger partial charge is 0.366 e. The number of aromatic amines is 1. The molecule has 2 N–H and O–H groups in total. The molecule has 0 atom stereocenters. The highest BCUT2D eigenvalue weighted by molar-refractivity contribution is 5.86. The van der Waals surface area contributed by atoms with Gasteiger partial charge < -0.3 is 5.32 Å². The van der Waals surface area contributed by atoms with Gasteiger partial charge in [-0.2, -0.15) is 5.10 Å². The van der Waals surface area contributed by atoms with Gasteiger partial charge in [0.2, 0.25) is 0 Å². The highest BCUT2D eigenvalue weighted by Crippen LogP contribution is 2.18. The predicted octanol–water partition coefficient (Wildman–Crippen LogP) is 1.48. The summed E-state index contributed by atoms with van der Waals surface area (Å²) in [5.74, 6) is 0.786. The molecule has 14 heavy (non-hydrogen) atoms. The van der Waals surface area contributed by atoms with Crippen molar-refractivity contribution in [3.63, 3.8) is 0 Å². The molecule has 0 amide bonds. The normalized spacial score (nSPS) is 11.1. The summed E-state index contributed by atoms with van der Waals surface area (Å²) < 4.78 is 0. The van der Waals surface area contributed by atoms with E-state index in [1.807, 2.05) is 6.92 Å². The van der Waals surface area contributed by atoms with Crippen molar-refractivity contribution < 1.29 is 0 Å². The van der Waals surface area contributed by atoms with Crippen LogP contribution in [0.1, 0.15) is 19.5 Å². The number of anilines is 1. The molecule has 5 nitrogen and oxygen atoms in total. The molecule has 2 aromatic heterocycles. The van der Waals surface area contributed by atoms with E-state index in [-0.39, 0.29) is 0 Å². The Hall–Kier alpha value is -1.65. The summed E-state index contributed by atoms with van der Waals surface area (Å²) in [5.41, 5.74) is 2.65. The van der Waals surface area contributed by atoms with Gasteiger partial charge in [-0.3, -0.25) is 5.10 Å². The van der Waals surface area contributed by atoms with E-state index in [0.717, 1.165) is 22.5 Å². The second-order valence-corrected chi connectivity index (χ2v) is 3.57. The third kappa shape index (κ3) is 1.41. The molecular weight excluding hydrogens is 178 g/mol. The second kappa shape index (κ2) is 3.25. The van der Waals surface area contributed by atoms with Crippen molar-refractivity contribution in [3.05, 3.63) is 12.0 Å². The van der Waals surface area contributed by atoms with E-state index in [0.29, 0.717) is 6.04 Å². The fourth-order valence-electron chi connectivity index (χ4n) is 1.33. The molecule has 0 aliphatic carbocycles. The van der Waals surface area contributed by atoms with Crippen molar-refractivity contribution in [2.45, 2.75) is 26.8 Å². The summed E-state index contributed by atoms with van der Waals surface area (Å²) >= 11 is 0. The zero-order valence-corrected chi connectivity index (χ0v) is 8.50. The van der Waals surface area contributed by atoms with Gasteiger partial charge in [-0.1, -0.05) is 0 Å². The van der Waals surface area contributed by atoms with Gasteiger partial charge in [0.15, 0.2) is 11.3 Å². The number of aromatic nitrogens is 4. The van der Waals surface area contributed by atoms with Crippen LogP contribution in [0.5, 0.6) is 0 Å². The topological polar surface area (TPSA) is 66.5 Å². The van der Waals surface area contributed by atoms with Crippen molar-refractivity contribution in [1.29, 1.82) is 0 Å². The summed E-state index contributed by atoms with van der Waals surface area (Å²) in [6, 6.07) is 0.338. The van der Waals surface area contributed by atoms with Crippen LogP contribution in [0.4, 0.5) is 5.82 Å². The van der Waals surface area contributed by atoms with Crippen molar-refractivity contribution >= 4 is 16.9 Å². The van der Waals surface area contributed by atoms with Gasteiger partial charge in [0.1, 0.15) is 11.8 Å². The van der Waals surface area contributed by atoms with E-state index in [4.69, 9.17) is 0 Å². The molecule has 2 heterocycles. The van der Waals surface area contributed by atoms with Gasteiger partial charge in [0.05, 0.1) is 5.69 Å². The lowest BCUT2D eigenvalue weighted by molar-refractivity contribution is 0.889. The summed E-state index contributed by atoms with van der Waals surface area (Å²) in [5, 5.41) is 10.3. The lowest BCUT2D eigenvalue weighted by atomic mass is 10.3. The number of aryl methyl sites for hydroxylation is 1. The van der Waals surface area contributed by atoms with Crippen molar-refractivity contribution in [1.82, 2.24) is 20.2 Å². The molecule has 0 fully saturated rings. The number of fused-ring (bicyclic) bond motifs is 1. The van der Waals surface area contributed by atoms with Crippen molar-refractivity contribution in [2.75, 3.05) is 5.32 Å². The third-order valence-corrected chi connectivity index (χ3v) is 1.94. The number of hydrogen-bond donors (Lipinski definition) is 2. The molecule has 2 rings (SSSR count). The molecule has 0 unspecified atom stereocenters. The second-order valence-electron chi connectivity index (χ2n) is 3.57. The first-order valence-corrected chi connectivity index (χ1v) is 4.60. The van der Waals surface area contributed by atoms with Crippen LogP contribution in [-0.2, 0) is 0 Å². The number of nitrogens with zero attached hydrogens (tertiary/aromatic N) is 3. The smallest absolute Gasteiger partial charge is 0.158 e. The Labute approximate surface area is 82.0 Å². The Morgan fingerprint density at radius 2 is 2.07 bits per heavy atom. The first-order valence-electron chi connectivity index (χ1n) is 4.60. The number of H-pyrrole nitrogens is 1. The van der Waals surface area contributed by atoms with E-state index in [2.05, 4.69) is 39.3 Å². The number of nitrogens with one attached hydrogen (secondary N) is 2. The van der Waals surface area contributed by atoms with Gasteiger partial charge >= 0.3 is 0 Å². The van der Waals surface area contributed by atoms with E-state index in [9.17, 15) is 0 Å². The lowest BCUT2D eigenvalue weighted by Gasteiger charge is -2.07. The van der Waals surface area contributed by atoms with Crippen LogP contribution >= 0.6 is 0 Å². The average Bonchev–Trinajstić information content (AvgIpc) is 2.49. The summed E-state index contributed by atoms with van der Waals surface area (Å²) in [6.07, 6.45) is 1.55. The SMILES string of the molecule is Cc1[nH]nc2c(NC(C)C)ncnc12. The first kappa shape index (κ1) is 8.93.